The third kappa shape index (κ3) is 5.08. The van der Waals surface area contributed by atoms with Gasteiger partial charge in [0.25, 0.3) is 11.7 Å². The second kappa shape index (κ2) is 10.7. The minimum Gasteiger partial charge on any atom is -0.507 e. The number of benzene rings is 3. The van der Waals surface area contributed by atoms with E-state index in [0.717, 1.165) is 28.4 Å². The third-order valence-corrected chi connectivity index (χ3v) is 7.05. The van der Waals surface area contributed by atoms with Crippen molar-refractivity contribution < 1.29 is 24.2 Å². The summed E-state index contributed by atoms with van der Waals surface area (Å²) in [6.45, 7) is 1.37. The zero-order chi connectivity index (χ0) is 25.1. The summed E-state index contributed by atoms with van der Waals surface area (Å²) in [4.78, 5) is 27.9. The molecule has 7 heteroatoms. The minimum absolute atomic E-state index is 0.0817. The van der Waals surface area contributed by atoms with Gasteiger partial charge in [0.2, 0.25) is 0 Å². The Balaban J connectivity index is 1.48. The molecular weight excluding hydrogens is 522 g/mol. The molecule has 0 aliphatic carbocycles. The fourth-order valence-electron chi connectivity index (χ4n) is 4.67. The number of ether oxygens (including phenoxy) is 2. The standard InChI is InChI=1S/C29H26BrNO5/c30-22-12-8-21(9-13-22)27(32)25-26(31(29(34)28(25)33)17-24-7-4-16-35-24)20-10-14-23(15-11-20)36-18-19-5-2-1-3-6-19/h1-3,5-6,8-15,24,26,32H,4,7,16-18H2/b27-25+. The van der Waals surface area contributed by atoms with Crippen LogP contribution < -0.4 is 4.74 Å². The minimum atomic E-state index is -0.721. The van der Waals surface area contributed by atoms with Crippen LogP contribution in [-0.4, -0.2) is 41.0 Å². The smallest absolute Gasteiger partial charge is 0.295 e. The first-order valence-electron chi connectivity index (χ1n) is 11.9. The number of aliphatic hydroxyl groups excluding tert-OH is 1. The molecule has 1 N–H and O–H groups in total. The van der Waals surface area contributed by atoms with E-state index in [1.807, 2.05) is 54.6 Å². The monoisotopic (exact) mass is 547 g/mol. The molecule has 1 amide bonds. The summed E-state index contributed by atoms with van der Waals surface area (Å²) in [5.74, 6) is -0.835. The number of carbonyl (C=O) groups excluding carboxylic acids is 2. The van der Waals surface area contributed by atoms with Gasteiger partial charge in [-0.1, -0.05) is 70.5 Å². The molecule has 184 valence electrons. The lowest BCUT2D eigenvalue weighted by atomic mass is 9.95. The average Bonchev–Trinajstić information content (AvgIpc) is 3.51. The van der Waals surface area contributed by atoms with E-state index in [1.165, 1.54) is 4.90 Å². The molecule has 3 aromatic carbocycles. The van der Waals surface area contributed by atoms with Crippen LogP contribution in [-0.2, 0) is 20.9 Å². The maximum absolute atomic E-state index is 13.2. The van der Waals surface area contributed by atoms with Gasteiger partial charge in [-0.25, -0.2) is 0 Å². The Kier molecular flexibility index (Phi) is 7.20. The lowest BCUT2D eigenvalue weighted by molar-refractivity contribution is -0.140. The van der Waals surface area contributed by atoms with E-state index in [1.54, 1.807) is 24.3 Å². The molecule has 5 rings (SSSR count). The number of ketones is 1. The van der Waals surface area contributed by atoms with Crippen LogP contribution in [0.25, 0.3) is 5.76 Å². The maximum Gasteiger partial charge on any atom is 0.295 e. The summed E-state index contributed by atoms with van der Waals surface area (Å²) >= 11 is 3.39. The van der Waals surface area contributed by atoms with Gasteiger partial charge < -0.3 is 19.5 Å². The molecule has 2 aliphatic rings. The van der Waals surface area contributed by atoms with Gasteiger partial charge in [-0.15, -0.1) is 0 Å². The number of hydrogen-bond acceptors (Lipinski definition) is 5. The van der Waals surface area contributed by atoms with E-state index < -0.39 is 17.7 Å². The maximum atomic E-state index is 13.2. The molecule has 2 aliphatic heterocycles. The van der Waals surface area contributed by atoms with E-state index in [0.29, 0.717) is 31.1 Å². The number of nitrogens with zero attached hydrogens (tertiary/aromatic N) is 1. The summed E-state index contributed by atoms with van der Waals surface area (Å²) in [7, 11) is 0. The van der Waals surface area contributed by atoms with Crippen molar-refractivity contribution in [3.8, 4) is 5.75 Å². The first-order chi connectivity index (χ1) is 17.5. The van der Waals surface area contributed by atoms with Crippen LogP contribution in [0.1, 0.15) is 35.6 Å². The Bertz CT molecular complexity index is 1270. The molecule has 2 saturated heterocycles. The molecule has 0 radical (unpaired) electrons. The number of halogens is 1. The van der Waals surface area contributed by atoms with Crippen molar-refractivity contribution in [1.29, 1.82) is 0 Å². The molecule has 6 nitrogen and oxygen atoms in total. The van der Waals surface area contributed by atoms with Crippen LogP contribution in [0, 0.1) is 0 Å². The number of likely N-dealkylation sites (tertiary alicyclic amines) is 1. The molecule has 0 aromatic heterocycles. The van der Waals surface area contributed by atoms with Gasteiger partial charge in [0.1, 0.15) is 18.1 Å². The van der Waals surface area contributed by atoms with Gasteiger partial charge in [0.15, 0.2) is 0 Å². The quantitative estimate of drug-likeness (QED) is 0.235. The second-order valence-electron chi connectivity index (χ2n) is 8.94. The zero-order valence-electron chi connectivity index (χ0n) is 19.6. The van der Waals surface area contributed by atoms with Crippen LogP contribution in [0.15, 0.2) is 88.9 Å². The van der Waals surface area contributed by atoms with Gasteiger partial charge in [0, 0.05) is 23.2 Å². The Labute approximate surface area is 218 Å². The highest BCUT2D eigenvalue weighted by Gasteiger charge is 2.47. The van der Waals surface area contributed by atoms with Crippen molar-refractivity contribution >= 4 is 33.4 Å². The predicted octanol–water partition coefficient (Wildman–Crippen LogP) is 5.63. The normalized spacial score (nSPS) is 21.2. The SMILES string of the molecule is O=C1C(=O)N(CC2CCCO2)C(c2ccc(OCc3ccccc3)cc2)/C1=C(\O)c1ccc(Br)cc1. The Hall–Kier alpha value is -3.42. The fourth-order valence-corrected chi connectivity index (χ4v) is 4.94. The van der Waals surface area contributed by atoms with Gasteiger partial charge in [-0.05, 0) is 48.2 Å². The van der Waals surface area contributed by atoms with Crippen molar-refractivity contribution in [3.05, 3.63) is 106 Å². The molecule has 2 unspecified atom stereocenters. The van der Waals surface area contributed by atoms with Crippen LogP contribution in [0.2, 0.25) is 0 Å². The number of amides is 1. The van der Waals surface area contributed by atoms with Crippen molar-refractivity contribution in [2.45, 2.75) is 31.6 Å². The third-order valence-electron chi connectivity index (χ3n) is 6.53. The van der Waals surface area contributed by atoms with E-state index in [9.17, 15) is 14.7 Å². The van der Waals surface area contributed by atoms with Crippen LogP contribution in [0.4, 0.5) is 0 Å². The summed E-state index contributed by atoms with van der Waals surface area (Å²) in [6, 6.07) is 23.5. The Morgan fingerprint density at radius 1 is 1.00 bits per heavy atom. The number of hydrogen-bond donors (Lipinski definition) is 1. The number of rotatable bonds is 7. The number of carbonyl (C=O) groups is 2. The van der Waals surface area contributed by atoms with Gasteiger partial charge in [0.05, 0.1) is 17.7 Å². The Morgan fingerprint density at radius 2 is 1.72 bits per heavy atom. The highest BCUT2D eigenvalue weighted by atomic mass is 79.9. The summed E-state index contributed by atoms with van der Waals surface area (Å²) in [6.07, 6.45) is 1.62. The number of Topliss-reactive ketones (excluding diaryl/α,β-unsaturated/α-hetero) is 1. The summed E-state index contributed by atoms with van der Waals surface area (Å²) < 4.78 is 12.5. The molecule has 2 atom stereocenters. The van der Waals surface area contributed by atoms with E-state index in [4.69, 9.17) is 9.47 Å². The average molecular weight is 548 g/mol. The van der Waals surface area contributed by atoms with Crippen molar-refractivity contribution in [2.75, 3.05) is 13.2 Å². The topological polar surface area (TPSA) is 76.1 Å². The van der Waals surface area contributed by atoms with E-state index >= 15 is 0 Å². The van der Waals surface area contributed by atoms with Crippen LogP contribution >= 0.6 is 15.9 Å². The Morgan fingerprint density at radius 3 is 2.39 bits per heavy atom. The molecule has 2 heterocycles. The van der Waals surface area contributed by atoms with Crippen LogP contribution in [0.3, 0.4) is 0 Å². The number of aliphatic hydroxyl groups is 1. The molecule has 0 spiro atoms. The molecular formula is C29H26BrNO5. The van der Waals surface area contributed by atoms with E-state index in [-0.39, 0.29) is 17.4 Å². The van der Waals surface area contributed by atoms with Gasteiger partial charge in [-0.2, -0.15) is 0 Å². The lowest BCUT2D eigenvalue weighted by Crippen LogP contribution is -2.36. The largest absolute Gasteiger partial charge is 0.507 e. The summed E-state index contributed by atoms with van der Waals surface area (Å²) in [5.41, 5.74) is 2.33. The first-order valence-corrected chi connectivity index (χ1v) is 12.7. The molecule has 36 heavy (non-hydrogen) atoms. The molecule has 3 aromatic rings. The summed E-state index contributed by atoms with van der Waals surface area (Å²) in [5, 5.41) is 11.2. The highest BCUT2D eigenvalue weighted by Crippen LogP contribution is 2.40. The lowest BCUT2D eigenvalue weighted by Gasteiger charge is -2.27. The molecule has 0 saturated carbocycles. The van der Waals surface area contributed by atoms with Gasteiger partial charge >= 0.3 is 0 Å². The van der Waals surface area contributed by atoms with E-state index in [2.05, 4.69) is 15.9 Å². The highest BCUT2D eigenvalue weighted by molar-refractivity contribution is 9.10. The molecule has 0 bridgehead atoms. The first kappa shape index (κ1) is 24.3. The zero-order valence-corrected chi connectivity index (χ0v) is 21.2. The molecule has 2 fully saturated rings. The van der Waals surface area contributed by atoms with Crippen molar-refractivity contribution in [2.24, 2.45) is 0 Å². The van der Waals surface area contributed by atoms with Gasteiger partial charge in [-0.3, -0.25) is 9.59 Å². The second-order valence-corrected chi connectivity index (χ2v) is 9.85. The predicted molar refractivity (Wildman–Crippen MR) is 139 cm³/mol. The van der Waals surface area contributed by atoms with Crippen molar-refractivity contribution in [1.82, 2.24) is 4.90 Å². The van der Waals surface area contributed by atoms with Crippen molar-refractivity contribution in [3.63, 3.8) is 0 Å². The fraction of sp³-hybridized carbons (Fsp3) is 0.241. The van der Waals surface area contributed by atoms with Crippen LogP contribution in [0.5, 0.6) is 5.75 Å².